The van der Waals surface area contributed by atoms with Crippen molar-refractivity contribution in [3.63, 3.8) is 0 Å². The maximum absolute atomic E-state index is 13.4. The summed E-state index contributed by atoms with van der Waals surface area (Å²) >= 11 is 8.04. The first-order valence-electron chi connectivity index (χ1n) is 6.81. The number of alkyl halides is 1. The molecule has 2 aromatic rings. The van der Waals surface area contributed by atoms with Gasteiger partial charge in [-0.15, -0.1) is 23.4 Å². The first-order valence-corrected chi connectivity index (χ1v) is 8.33. The van der Waals surface area contributed by atoms with Gasteiger partial charge < -0.3 is 0 Å². The van der Waals surface area contributed by atoms with E-state index in [9.17, 15) is 4.39 Å². The van der Waals surface area contributed by atoms with Gasteiger partial charge in [-0.1, -0.05) is 30.3 Å². The molecule has 0 saturated carbocycles. The molecule has 2 atom stereocenters. The summed E-state index contributed by atoms with van der Waals surface area (Å²) in [6.07, 6.45) is 0.983. The van der Waals surface area contributed by atoms with Crippen LogP contribution in [-0.2, 0) is 0 Å². The van der Waals surface area contributed by atoms with Crippen LogP contribution < -0.4 is 0 Å². The molecule has 1 aliphatic rings. The number of fused-ring (bicyclic) bond motifs is 1. The average Bonchev–Trinajstić information content (AvgIpc) is 2.88. The fraction of sp³-hybridized carbons (Fsp3) is 0.294. The lowest BCUT2D eigenvalue weighted by atomic mass is 9.87. The molecule has 0 radical (unpaired) electrons. The Morgan fingerprint density at radius 2 is 2.05 bits per heavy atom. The van der Waals surface area contributed by atoms with Crippen molar-refractivity contribution in [1.29, 1.82) is 0 Å². The molecule has 3 heteroatoms. The molecule has 0 bridgehead atoms. The van der Waals surface area contributed by atoms with Gasteiger partial charge in [-0.25, -0.2) is 4.39 Å². The van der Waals surface area contributed by atoms with E-state index in [2.05, 4.69) is 24.3 Å². The van der Waals surface area contributed by atoms with Crippen LogP contribution >= 0.6 is 23.4 Å². The van der Waals surface area contributed by atoms with Crippen molar-refractivity contribution in [2.75, 3.05) is 11.6 Å². The molecule has 1 aliphatic heterocycles. The molecule has 3 rings (SSSR count). The highest BCUT2D eigenvalue weighted by molar-refractivity contribution is 7.99. The minimum Gasteiger partial charge on any atom is -0.207 e. The number of halogens is 2. The summed E-state index contributed by atoms with van der Waals surface area (Å²) < 4.78 is 13.4. The molecule has 0 N–H and O–H groups in total. The molecule has 0 fully saturated rings. The maximum Gasteiger partial charge on any atom is 0.123 e. The Kier molecular flexibility index (Phi) is 4.32. The monoisotopic (exact) mass is 306 g/mol. The predicted molar refractivity (Wildman–Crippen MR) is 84.4 cm³/mol. The van der Waals surface area contributed by atoms with Gasteiger partial charge in [-0.05, 0) is 47.6 Å². The molecule has 20 heavy (non-hydrogen) atoms. The third-order valence-corrected chi connectivity index (χ3v) is 5.50. The van der Waals surface area contributed by atoms with Crippen LogP contribution in [0.2, 0.25) is 0 Å². The summed E-state index contributed by atoms with van der Waals surface area (Å²) in [4.78, 5) is 1.38. The van der Waals surface area contributed by atoms with Gasteiger partial charge >= 0.3 is 0 Å². The smallest absolute Gasteiger partial charge is 0.123 e. The van der Waals surface area contributed by atoms with Crippen molar-refractivity contribution < 1.29 is 4.39 Å². The van der Waals surface area contributed by atoms with Crippen molar-refractivity contribution in [2.45, 2.75) is 23.2 Å². The Morgan fingerprint density at radius 3 is 2.85 bits per heavy atom. The predicted octanol–water partition coefficient (Wildman–Crippen LogP) is 5.43. The van der Waals surface area contributed by atoms with Gasteiger partial charge in [0.15, 0.2) is 0 Å². The van der Waals surface area contributed by atoms with E-state index >= 15 is 0 Å². The molecule has 1 heterocycles. The number of hydrogen-bond donors (Lipinski definition) is 0. The summed E-state index contributed by atoms with van der Waals surface area (Å²) in [5, 5.41) is 0. The normalized spacial score (nSPS) is 18.8. The molecule has 0 saturated heterocycles. The molecule has 104 valence electrons. The molecular formula is C17H16ClFS. The third kappa shape index (κ3) is 2.87. The Hall–Kier alpha value is -0.990. The van der Waals surface area contributed by atoms with Crippen LogP contribution in [0.4, 0.5) is 4.39 Å². The Labute approximate surface area is 128 Å². The average molecular weight is 307 g/mol. The van der Waals surface area contributed by atoms with Gasteiger partial charge in [0, 0.05) is 16.5 Å². The van der Waals surface area contributed by atoms with Crippen LogP contribution in [0.5, 0.6) is 0 Å². The maximum atomic E-state index is 13.4. The second kappa shape index (κ2) is 6.19. The van der Waals surface area contributed by atoms with E-state index in [1.165, 1.54) is 16.5 Å². The second-order valence-corrected chi connectivity index (χ2v) is 6.56. The first kappa shape index (κ1) is 14.0. The van der Waals surface area contributed by atoms with Crippen LogP contribution in [-0.4, -0.2) is 11.6 Å². The van der Waals surface area contributed by atoms with Crippen molar-refractivity contribution >= 4 is 23.4 Å². The molecule has 2 aromatic carbocycles. The van der Waals surface area contributed by atoms with E-state index in [1.807, 2.05) is 17.8 Å². The molecule has 0 amide bonds. The Morgan fingerprint density at radius 1 is 1.20 bits per heavy atom. The van der Waals surface area contributed by atoms with Gasteiger partial charge in [0.1, 0.15) is 5.82 Å². The highest BCUT2D eigenvalue weighted by Crippen LogP contribution is 2.44. The van der Waals surface area contributed by atoms with Gasteiger partial charge in [0.25, 0.3) is 0 Å². The van der Waals surface area contributed by atoms with Crippen LogP contribution in [0.15, 0.2) is 53.4 Å². The fourth-order valence-corrected chi connectivity index (χ4v) is 4.39. The van der Waals surface area contributed by atoms with E-state index in [0.717, 1.165) is 17.7 Å². The Bertz CT molecular complexity index is 599. The lowest BCUT2D eigenvalue weighted by Crippen LogP contribution is -2.08. The van der Waals surface area contributed by atoms with Crippen molar-refractivity contribution in [3.8, 4) is 0 Å². The molecule has 0 aliphatic carbocycles. The van der Waals surface area contributed by atoms with Crippen LogP contribution in [0, 0.1) is 5.82 Å². The van der Waals surface area contributed by atoms with Crippen molar-refractivity contribution in [3.05, 3.63) is 65.5 Å². The number of benzene rings is 2. The number of thioether (sulfide) groups is 1. The van der Waals surface area contributed by atoms with Gasteiger partial charge in [0.05, 0.1) is 0 Å². The standard InChI is InChI=1S/C17H16ClFS/c18-10-13(12-4-3-5-15(19)9-12)8-14-11-20-17-7-2-1-6-16(14)17/h1-7,9,13-14H,8,10-11H2. The zero-order chi connectivity index (χ0) is 13.9. The molecule has 0 aromatic heterocycles. The SMILES string of the molecule is Fc1cccc(C(CCl)CC2CSc3ccccc32)c1. The summed E-state index contributed by atoms with van der Waals surface area (Å²) in [7, 11) is 0. The third-order valence-electron chi connectivity index (χ3n) is 3.87. The van der Waals surface area contributed by atoms with E-state index in [-0.39, 0.29) is 11.7 Å². The van der Waals surface area contributed by atoms with Gasteiger partial charge in [-0.2, -0.15) is 0 Å². The lowest BCUT2D eigenvalue weighted by molar-refractivity contribution is 0.590. The van der Waals surface area contributed by atoms with Crippen molar-refractivity contribution in [2.24, 2.45) is 0 Å². The molecular weight excluding hydrogens is 291 g/mol. The highest BCUT2D eigenvalue weighted by Gasteiger charge is 2.26. The zero-order valence-corrected chi connectivity index (χ0v) is 12.6. The lowest BCUT2D eigenvalue weighted by Gasteiger charge is -2.19. The second-order valence-electron chi connectivity index (χ2n) is 5.19. The van der Waals surface area contributed by atoms with Crippen molar-refractivity contribution in [1.82, 2.24) is 0 Å². The topological polar surface area (TPSA) is 0 Å². The van der Waals surface area contributed by atoms with Crippen LogP contribution in [0.25, 0.3) is 0 Å². The minimum atomic E-state index is -0.182. The molecule has 0 nitrogen and oxygen atoms in total. The summed E-state index contributed by atoms with van der Waals surface area (Å²) in [6.45, 7) is 0. The quantitative estimate of drug-likeness (QED) is 0.679. The zero-order valence-electron chi connectivity index (χ0n) is 11.1. The largest absolute Gasteiger partial charge is 0.207 e. The summed E-state index contributed by atoms with van der Waals surface area (Å²) in [6, 6.07) is 15.4. The minimum absolute atomic E-state index is 0.182. The van der Waals surface area contributed by atoms with Gasteiger partial charge in [0.2, 0.25) is 0 Å². The van der Waals surface area contributed by atoms with E-state index < -0.39 is 0 Å². The van der Waals surface area contributed by atoms with Crippen LogP contribution in [0.3, 0.4) is 0 Å². The molecule has 2 unspecified atom stereocenters. The number of rotatable bonds is 4. The highest BCUT2D eigenvalue weighted by atomic mass is 35.5. The van der Waals surface area contributed by atoms with E-state index in [4.69, 9.17) is 11.6 Å². The van der Waals surface area contributed by atoms with Crippen LogP contribution in [0.1, 0.15) is 29.4 Å². The fourth-order valence-electron chi connectivity index (χ4n) is 2.82. The molecule has 0 spiro atoms. The van der Waals surface area contributed by atoms with E-state index in [1.54, 1.807) is 12.1 Å². The summed E-state index contributed by atoms with van der Waals surface area (Å²) in [5.74, 6) is 2.18. The van der Waals surface area contributed by atoms with E-state index in [0.29, 0.717) is 11.8 Å². The first-order chi connectivity index (χ1) is 9.78. The Balaban J connectivity index is 1.80. The van der Waals surface area contributed by atoms with Gasteiger partial charge in [-0.3, -0.25) is 0 Å². The summed E-state index contributed by atoms with van der Waals surface area (Å²) in [5.41, 5.74) is 2.43. The number of hydrogen-bond acceptors (Lipinski definition) is 1.